The second kappa shape index (κ2) is 3.17. The van der Waals surface area contributed by atoms with Crippen LogP contribution in [0.4, 0.5) is 0 Å². The van der Waals surface area contributed by atoms with Gasteiger partial charge in [0.05, 0.1) is 0 Å². The number of Topliss-reactive ketones (excluding diaryl/α,β-unsaturated/α-hetero) is 1. The maximum absolute atomic E-state index is 11.5. The second-order valence-electron chi connectivity index (χ2n) is 4.19. The van der Waals surface area contributed by atoms with Gasteiger partial charge in [0.15, 0.2) is 0 Å². The SMILES string of the molecule is CNC1CC(=O)C2CCCC1C2. The van der Waals surface area contributed by atoms with Crippen LogP contribution < -0.4 is 5.32 Å². The van der Waals surface area contributed by atoms with Crippen molar-refractivity contribution in [1.82, 2.24) is 5.32 Å². The number of hydrogen-bond donors (Lipinski definition) is 1. The van der Waals surface area contributed by atoms with E-state index in [0.717, 1.165) is 25.2 Å². The third-order valence-corrected chi connectivity index (χ3v) is 3.53. The van der Waals surface area contributed by atoms with Crippen LogP contribution in [0.15, 0.2) is 0 Å². The molecule has 0 aromatic heterocycles. The molecule has 0 radical (unpaired) electrons. The van der Waals surface area contributed by atoms with Crippen LogP contribution in [0.1, 0.15) is 32.1 Å². The molecule has 3 unspecified atom stereocenters. The molecule has 0 aromatic carbocycles. The van der Waals surface area contributed by atoms with E-state index in [4.69, 9.17) is 0 Å². The molecule has 2 saturated carbocycles. The molecule has 0 heterocycles. The van der Waals surface area contributed by atoms with Crippen molar-refractivity contribution in [3.63, 3.8) is 0 Å². The molecule has 2 bridgehead atoms. The fraction of sp³-hybridized carbons (Fsp3) is 0.900. The topological polar surface area (TPSA) is 29.1 Å². The molecule has 2 aliphatic carbocycles. The zero-order chi connectivity index (χ0) is 8.55. The van der Waals surface area contributed by atoms with Crippen LogP contribution in [-0.2, 0) is 4.79 Å². The summed E-state index contributed by atoms with van der Waals surface area (Å²) in [5.74, 6) is 1.71. The highest BCUT2D eigenvalue weighted by Crippen LogP contribution is 2.37. The van der Waals surface area contributed by atoms with Crippen LogP contribution >= 0.6 is 0 Å². The highest BCUT2D eigenvalue weighted by atomic mass is 16.1. The minimum atomic E-state index is 0.424. The lowest BCUT2D eigenvalue weighted by molar-refractivity contribution is -0.128. The van der Waals surface area contributed by atoms with Crippen LogP contribution in [0.25, 0.3) is 0 Å². The third kappa shape index (κ3) is 1.28. The lowest BCUT2D eigenvalue weighted by Crippen LogP contribution is -2.45. The maximum atomic E-state index is 11.5. The summed E-state index contributed by atoms with van der Waals surface area (Å²) in [6, 6.07) is 0.481. The van der Waals surface area contributed by atoms with Crippen LogP contribution in [-0.4, -0.2) is 18.9 Å². The van der Waals surface area contributed by atoms with Crippen LogP contribution in [0.3, 0.4) is 0 Å². The Labute approximate surface area is 73.7 Å². The fourth-order valence-corrected chi connectivity index (χ4v) is 2.77. The Hall–Kier alpha value is -0.370. The van der Waals surface area contributed by atoms with Gasteiger partial charge < -0.3 is 5.32 Å². The maximum Gasteiger partial charge on any atom is 0.137 e. The van der Waals surface area contributed by atoms with Gasteiger partial charge in [-0.1, -0.05) is 6.42 Å². The number of nitrogens with one attached hydrogen (secondary N) is 1. The molecular weight excluding hydrogens is 150 g/mol. The van der Waals surface area contributed by atoms with E-state index in [1.807, 2.05) is 7.05 Å². The van der Waals surface area contributed by atoms with E-state index in [1.165, 1.54) is 12.8 Å². The van der Waals surface area contributed by atoms with Crippen molar-refractivity contribution in [3.8, 4) is 0 Å². The molecule has 2 fully saturated rings. The van der Waals surface area contributed by atoms with Gasteiger partial charge in [0.2, 0.25) is 0 Å². The molecule has 0 aliphatic heterocycles. The van der Waals surface area contributed by atoms with Crippen molar-refractivity contribution in [1.29, 1.82) is 0 Å². The first kappa shape index (κ1) is 8.24. The van der Waals surface area contributed by atoms with E-state index >= 15 is 0 Å². The van der Waals surface area contributed by atoms with Crippen molar-refractivity contribution in [2.24, 2.45) is 11.8 Å². The third-order valence-electron chi connectivity index (χ3n) is 3.53. The first-order valence-electron chi connectivity index (χ1n) is 5.01. The van der Waals surface area contributed by atoms with E-state index < -0.39 is 0 Å². The summed E-state index contributed by atoms with van der Waals surface area (Å²) in [6.07, 6.45) is 5.69. The second-order valence-corrected chi connectivity index (χ2v) is 4.19. The molecule has 0 amide bonds. The zero-order valence-corrected chi connectivity index (χ0v) is 7.68. The molecule has 68 valence electrons. The van der Waals surface area contributed by atoms with Crippen molar-refractivity contribution in [3.05, 3.63) is 0 Å². The van der Waals surface area contributed by atoms with Crippen molar-refractivity contribution < 1.29 is 4.79 Å². The minimum Gasteiger partial charge on any atom is -0.316 e. The van der Waals surface area contributed by atoms with Gasteiger partial charge >= 0.3 is 0 Å². The Balaban J connectivity index is 2.08. The summed E-state index contributed by atoms with van der Waals surface area (Å²) in [5.41, 5.74) is 0. The number of ketones is 1. The summed E-state index contributed by atoms with van der Waals surface area (Å²) < 4.78 is 0. The summed E-state index contributed by atoms with van der Waals surface area (Å²) >= 11 is 0. The lowest BCUT2D eigenvalue weighted by atomic mass is 9.69. The number of rotatable bonds is 1. The van der Waals surface area contributed by atoms with Crippen LogP contribution in [0.5, 0.6) is 0 Å². The van der Waals surface area contributed by atoms with Gasteiger partial charge in [0, 0.05) is 18.4 Å². The largest absolute Gasteiger partial charge is 0.316 e. The van der Waals surface area contributed by atoms with E-state index in [-0.39, 0.29) is 0 Å². The van der Waals surface area contributed by atoms with Crippen LogP contribution in [0.2, 0.25) is 0 Å². The Kier molecular flexibility index (Phi) is 2.18. The molecule has 3 atom stereocenters. The average molecular weight is 167 g/mol. The number of carbonyl (C=O) groups is 1. The number of hydrogen-bond acceptors (Lipinski definition) is 2. The van der Waals surface area contributed by atoms with E-state index in [9.17, 15) is 4.79 Å². The van der Waals surface area contributed by atoms with E-state index in [0.29, 0.717) is 17.7 Å². The van der Waals surface area contributed by atoms with Gasteiger partial charge in [-0.2, -0.15) is 0 Å². The number of fused-ring (bicyclic) bond motifs is 2. The first-order chi connectivity index (χ1) is 5.81. The molecule has 0 aromatic rings. The Morgan fingerprint density at radius 1 is 1.42 bits per heavy atom. The van der Waals surface area contributed by atoms with E-state index in [2.05, 4.69) is 5.32 Å². The average Bonchev–Trinajstić information content (AvgIpc) is 2.12. The van der Waals surface area contributed by atoms with Crippen molar-refractivity contribution >= 4 is 5.78 Å². The quantitative estimate of drug-likeness (QED) is 0.638. The first-order valence-corrected chi connectivity index (χ1v) is 5.01. The molecule has 12 heavy (non-hydrogen) atoms. The normalized spacial score (nSPS) is 41.4. The van der Waals surface area contributed by atoms with Crippen molar-refractivity contribution in [2.45, 2.75) is 38.1 Å². The smallest absolute Gasteiger partial charge is 0.137 e. The molecule has 0 saturated heterocycles. The van der Waals surface area contributed by atoms with Gasteiger partial charge in [-0.15, -0.1) is 0 Å². The Morgan fingerprint density at radius 3 is 3.00 bits per heavy atom. The molecule has 2 aliphatic rings. The van der Waals surface area contributed by atoms with Crippen molar-refractivity contribution in [2.75, 3.05) is 7.05 Å². The summed E-state index contributed by atoms with van der Waals surface area (Å²) in [5, 5.41) is 3.27. The van der Waals surface area contributed by atoms with Gasteiger partial charge in [-0.05, 0) is 32.2 Å². The predicted molar refractivity (Wildman–Crippen MR) is 47.9 cm³/mol. The van der Waals surface area contributed by atoms with E-state index in [1.54, 1.807) is 0 Å². The zero-order valence-electron chi connectivity index (χ0n) is 7.68. The molecular formula is C10H17NO. The molecule has 1 N–H and O–H groups in total. The number of carbonyl (C=O) groups excluding carboxylic acids is 1. The minimum absolute atomic E-state index is 0.424. The monoisotopic (exact) mass is 167 g/mol. The highest BCUT2D eigenvalue weighted by molar-refractivity contribution is 5.82. The van der Waals surface area contributed by atoms with Gasteiger partial charge in [-0.3, -0.25) is 4.79 Å². The summed E-state index contributed by atoms with van der Waals surface area (Å²) in [7, 11) is 1.98. The molecule has 2 rings (SSSR count). The molecule has 0 spiro atoms. The van der Waals surface area contributed by atoms with Gasteiger partial charge in [0.1, 0.15) is 5.78 Å². The standard InChI is InChI=1S/C10H17NO/c1-11-9-6-10(12)8-4-2-3-7(9)5-8/h7-9,11H,2-6H2,1H3. The summed E-state index contributed by atoms with van der Waals surface area (Å²) in [4.78, 5) is 11.5. The fourth-order valence-electron chi connectivity index (χ4n) is 2.77. The molecule has 2 nitrogen and oxygen atoms in total. The highest BCUT2D eigenvalue weighted by Gasteiger charge is 2.37. The van der Waals surface area contributed by atoms with Gasteiger partial charge in [0.25, 0.3) is 0 Å². The summed E-state index contributed by atoms with van der Waals surface area (Å²) in [6.45, 7) is 0. The van der Waals surface area contributed by atoms with Crippen LogP contribution in [0, 0.1) is 11.8 Å². The van der Waals surface area contributed by atoms with Gasteiger partial charge in [-0.25, -0.2) is 0 Å². The predicted octanol–water partition coefficient (Wildman–Crippen LogP) is 1.35. The lowest BCUT2D eigenvalue weighted by Gasteiger charge is -2.39. The molecule has 2 heteroatoms. The Morgan fingerprint density at radius 2 is 2.25 bits per heavy atom. The Bertz CT molecular complexity index is 190.